The molecule has 2 N–H and O–H groups in total. The molecule has 9 nitrogen and oxygen atoms in total. The molecule has 4 fully saturated rings. The van der Waals surface area contributed by atoms with Gasteiger partial charge in [-0.25, -0.2) is 18.2 Å². The van der Waals surface area contributed by atoms with Crippen molar-refractivity contribution in [2.24, 2.45) is 0 Å². The number of benzene rings is 2. The van der Waals surface area contributed by atoms with Crippen molar-refractivity contribution >= 4 is 27.5 Å². The van der Waals surface area contributed by atoms with Crippen LogP contribution < -0.4 is 19.7 Å². The topological polar surface area (TPSA) is 95.9 Å². The van der Waals surface area contributed by atoms with Crippen LogP contribution >= 0.6 is 0 Å². The van der Waals surface area contributed by atoms with Crippen molar-refractivity contribution < 1.29 is 31.9 Å². The summed E-state index contributed by atoms with van der Waals surface area (Å²) in [5.74, 6) is -0.0207. The number of ether oxygens (including phenoxy) is 2. The molecule has 12 heteroatoms. The van der Waals surface area contributed by atoms with Gasteiger partial charge in [0.1, 0.15) is 40.6 Å². The van der Waals surface area contributed by atoms with Gasteiger partial charge in [0.25, 0.3) is 0 Å². The Kier molecular flexibility index (Phi) is 6.79. The zero-order valence-corrected chi connectivity index (χ0v) is 27.0. The highest BCUT2D eigenvalue weighted by Gasteiger charge is 2.48. The third-order valence-electron chi connectivity index (χ3n) is 11.0. The molecule has 2 aromatic heterocycles. The van der Waals surface area contributed by atoms with Crippen LogP contribution in [0.5, 0.6) is 17.6 Å². The number of fused-ring (bicyclic) bond motifs is 5. The van der Waals surface area contributed by atoms with Crippen LogP contribution in [0.2, 0.25) is 0 Å². The highest BCUT2D eigenvalue weighted by atomic mass is 19.1. The largest absolute Gasteiger partial charge is 0.508 e. The minimum atomic E-state index is -3.03. The number of piperazine rings is 1. The number of halogens is 3. The van der Waals surface area contributed by atoms with E-state index in [4.69, 9.17) is 25.0 Å². The van der Waals surface area contributed by atoms with E-state index in [0.717, 1.165) is 44.7 Å². The van der Waals surface area contributed by atoms with Crippen molar-refractivity contribution in [3.05, 3.63) is 53.4 Å². The summed E-state index contributed by atoms with van der Waals surface area (Å²) in [5.41, 5.74) is -1.17. The number of rotatable bonds is 7. The van der Waals surface area contributed by atoms with Crippen molar-refractivity contribution in [3.8, 4) is 41.2 Å². The average Bonchev–Trinajstić information content (AvgIpc) is 3.77. The zero-order valence-electron chi connectivity index (χ0n) is 30.0. The second-order valence-corrected chi connectivity index (χ2v) is 13.8. The molecule has 0 aliphatic carbocycles. The molecule has 0 amide bonds. The Balaban J connectivity index is 1.36. The van der Waals surface area contributed by atoms with Gasteiger partial charge in [0.15, 0.2) is 5.82 Å². The molecule has 2 aromatic carbocycles. The van der Waals surface area contributed by atoms with Gasteiger partial charge in [0.05, 0.1) is 28.6 Å². The number of methoxy groups -OCH3 is 1. The predicted molar refractivity (Wildman–Crippen MR) is 181 cm³/mol. The average molecular weight is 674 g/mol. The first kappa shape index (κ1) is 28.3. The highest BCUT2D eigenvalue weighted by molar-refractivity contribution is 6.04. The van der Waals surface area contributed by atoms with Gasteiger partial charge in [-0.1, -0.05) is 18.9 Å². The number of anilines is 1. The quantitative estimate of drug-likeness (QED) is 0.229. The van der Waals surface area contributed by atoms with Crippen LogP contribution in [-0.4, -0.2) is 81.9 Å². The van der Waals surface area contributed by atoms with E-state index in [2.05, 4.69) is 33.0 Å². The summed E-state index contributed by atoms with van der Waals surface area (Å²) in [6, 6.07) is 5.00. The molecule has 8 rings (SSSR count). The SMILES string of the molecule is [2H]C([2H])([2H])Oc1nc(-c2cc(O)cc3ccc(F)c(C#C)c23)c(F)c2nc(OC[C@@]34CCCN3C/C(=C\F)C4)nc(N3CC4CCC(CC)(C3)N4)c12. The van der Waals surface area contributed by atoms with E-state index >= 15 is 8.78 Å². The molecule has 4 aliphatic heterocycles. The Morgan fingerprint density at radius 2 is 2.10 bits per heavy atom. The number of phenols is 1. The number of hydrogen-bond acceptors (Lipinski definition) is 9. The van der Waals surface area contributed by atoms with Crippen molar-refractivity contribution in [3.63, 3.8) is 0 Å². The molecule has 2 unspecified atom stereocenters. The Morgan fingerprint density at radius 3 is 2.90 bits per heavy atom. The number of phenolic OH excluding ortho intramolecular Hbond substituents is 1. The van der Waals surface area contributed by atoms with Crippen LogP contribution in [0.4, 0.5) is 19.0 Å². The van der Waals surface area contributed by atoms with Crippen LogP contribution in [0.25, 0.3) is 32.9 Å². The molecule has 0 saturated carbocycles. The maximum absolute atomic E-state index is 17.3. The fourth-order valence-corrected chi connectivity index (χ4v) is 8.59. The summed E-state index contributed by atoms with van der Waals surface area (Å²) in [5, 5.41) is 14.7. The van der Waals surface area contributed by atoms with Crippen molar-refractivity contribution in [2.45, 2.75) is 62.6 Å². The summed E-state index contributed by atoms with van der Waals surface area (Å²) in [4.78, 5) is 17.9. The first-order chi connectivity index (χ1) is 24.8. The van der Waals surface area contributed by atoms with E-state index in [1.165, 1.54) is 18.2 Å². The molecular formula is C37H37F3N6O3. The lowest BCUT2D eigenvalue weighted by Gasteiger charge is -2.42. The number of hydrogen-bond donors (Lipinski definition) is 2. The Bertz CT molecular complexity index is 2200. The van der Waals surface area contributed by atoms with Gasteiger partial charge in [-0.2, -0.15) is 9.97 Å². The zero-order chi connectivity index (χ0) is 36.6. The van der Waals surface area contributed by atoms with Gasteiger partial charge in [-0.3, -0.25) is 4.90 Å². The van der Waals surface area contributed by atoms with Gasteiger partial charge in [-0.15, -0.1) is 6.42 Å². The molecule has 254 valence electrons. The molecule has 4 aromatic rings. The lowest BCUT2D eigenvalue weighted by Crippen LogP contribution is -2.59. The molecule has 4 saturated heterocycles. The van der Waals surface area contributed by atoms with Crippen LogP contribution in [0, 0.1) is 24.0 Å². The Hall–Kier alpha value is -4.60. The minimum absolute atomic E-state index is 0.0748. The van der Waals surface area contributed by atoms with Gasteiger partial charge in [0, 0.05) is 42.2 Å². The van der Waals surface area contributed by atoms with E-state index in [-0.39, 0.29) is 63.2 Å². The smallest absolute Gasteiger partial charge is 0.319 e. The lowest BCUT2D eigenvalue weighted by molar-refractivity contribution is 0.108. The van der Waals surface area contributed by atoms with E-state index in [1.807, 2.05) is 4.90 Å². The van der Waals surface area contributed by atoms with Crippen molar-refractivity contribution in [2.75, 3.05) is 44.7 Å². The Labute approximate surface area is 286 Å². The number of aromatic nitrogens is 3. The van der Waals surface area contributed by atoms with Crippen molar-refractivity contribution in [1.82, 2.24) is 25.2 Å². The van der Waals surface area contributed by atoms with Crippen molar-refractivity contribution in [1.29, 1.82) is 0 Å². The second-order valence-electron chi connectivity index (χ2n) is 13.8. The summed E-state index contributed by atoms with van der Waals surface area (Å²) >= 11 is 0. The summed E-state index contributed by atoms with van der Waals surface area (Å²) in [7, 11) is -3.03. The molecule has 3 atom stereocenters. The Morgan fingerprint density at radius 1 is 1.22 bits per heavy atom. The molecule has 2 bridgehead atoms. The van der Waals surface area contributed by atoms with E-state index in [0.29, 0.717) is 43.3 Å². The van der Waals surface area contributed by atoms with E-state index in [1.54, 1.807) is 0 Å². The van der Waals surface area contributed by atoms with Crippen LogP contribution in [-0.2, 0) is 0 Å². The van der Waals surface area contributed by atoms with Gasteiger partial charge < -0.3 is 24.8 Å². The van der Waals surface area contributed by atoms with Crippen LogP contribution in [0.3, 0.4) is 0 Å². The van der Waals surface area contributed by atoms with E-state index in [9.17, 15) is 9.50 Å². The fraction of sp³-hybridized carbons (Fsp3) is 0.432. The normalized spacial score (nSPS) is 26.9. The van der Waals surface area contributed by atoms with Gasteiger partial charge in [-0.05, 0) is 74.2 Å². The van der Waals surface area contributed by atoms with Crippen LogP contribution in [0.1, 0.15) is 55.1 Å². The lowest BCUT2D eigenvalue weighted by atomic mass is 9.93. The van der Waals surface area contributed by atoms with Gasteiger partial charge >= 0.3 is 6.01 Å². The number of nitrogens with one attached hydrogen (secondary N) is 1. The molecule has 4 aliphatic rings. The molecule has 49 heavy (non-hydrogen) atoms. The van der Waals surface area contributed by atoms with Gasteiger partial charge in [0.2, 0.25) is 5.88 Å². The second kappa shape index (κ2) is 11.8. The van der Waals surface area contributed by atoms with E-state index < -0.39 is 35.8 Å². The number of pyridine rings is 1. The first-order valence-corrected chi connectivity index (χ1v) is 16.6. The molecule has 6 heterocycles. The fourth-order valence-electron chi connectivity index (χ4n) is 8.59. The monoisotopic (exact) mass is 673 g/mol. The maximum Gasteiger partial charge on any atom is 0.319 e. The number of terminal acetylenes is 1. The molecule has 0 spiro atoms. The predicted octanol–water partition coefficient (Wildman–Crippen LogP) is 6.01. The number of aromatic hydroxyl groups is 1. The number of nitrogens with zero attached hydrogens (tertiary/aromatic N) is 5. The minimum Gasteiger partial charge on any atom is -0.508 e. The highest BCUT2D eigenvalue weighted by Crippen LogP contribution is 2.45. The molecule has 0 radical (unpaired) electrons. The summed E-state index contributed by atoms with van der Waals surface area (Å²) in [6.45, 7) is 4.43. The molecular weight excluding hydrogens is 633 g/mol. The summed E-state index contributed by atoms with van der Waals surface area (Å²) < 4.78 is 81.9. The first-order valence-electron chi connectivity index (χ1n) is 18.1. The third-order valence-corrected chi connectivity index (χ3v) is 11.0. The maximum atomic E-state index is 17.3. The third kappa shape index (κ3) is 5.05. The standard InChI is InChI=1S/C37H37F3N6O3/c1-4-25-27(39)8-7-22-13-24(47)14-26(28(22)25)31-30(40)32-29(34(41-31)48-3)33(45-18-23-9-11-36(5-2,19-45)44-23)43-35(42-32)49-20-37-10-6-12-46(37)17-21(15-37)16-38/h1,7-8,13-14,16,23,44,47H,5-6,9-12,15,17-20H2,2-3H3/b21-16-/t23?,36?,37-/m0/s1/i3D3. The van der Waals surface area contributed by atoms with Crippen LogP contribution in [0.15, 0.2) is 36.2 Å². The summed E-state index contributed by atoms with van der Waals surface area (Å²) in [6.07, 6.45) is 11.1.